The molecule has 0 saturated carbocycles. The monoisotopic (exact) mass is 550 g/mol. The van der Waals surface area contributed by atoms with E-state index >= 15 is 4.39 Å². The van der Waals surface area contributed by atoms with Crippen molar-refractivity contribution in [2.45, 2.75) is 48.7 Å². The number of rotatable bonds is 3. The summed E-state index contributed by atoms with van der Waals surface area (Å²) in [7, 11) is -3.68. The maximum Gasteiger partial charge on any atom is 0.276 e. The summed E-state index contributed by atoms with van der Waals surface area (Å²) < 4.78 is 59.5. The molecule has 0 bridgehead atoms. The number of nitrogens with two attached hydrogens (primary N) is 1. The summed E-state index contributed by atoms with van der Waals surface area (Å²) in [6.07, 6.45) is 0.415. The van der Waals surface area contributed by atoms with Gasteiger partial charge in [-0.25, -0.2) is 23.1 Å². The van der Waals surface area contributed by atoms with Crippen molar-refractivity contribution in [3.8, 4) is 0 Å². The summed E-state index contributed by atoms with van der Waals surface area (Å²) in [6.45, 7) is 3.68. The van der Waals surface area contributed by atoms with Crippen LogP contribution in [0.5, 0.6) is 0 Å². The van der Waals surface area contributed by atoms with Gasteiger partial charge in [0.15, 0.2) is 0 Å². The van der Waals surface area contributed by atoms with Crippen molar-refractivity contribution in [2.24, 2.45) is 10.7 Å². The highest BCUT2D eigenvalue weighted by Gasteiger charge is 2.62. The molecule has 190 valence electrons. The van der Waals surface area contributed by atoms with Crippen LogP contribution in [0.2, 0.25) is 10.0 Å². The zero-order valence-corrected chi connectivity index (χ0v) is 21.3. The van der Waals surface area contributed by atoms with Crippen LogP contribution in [0.3, 0.4) is 0 Å². The third-order valence-corrected chi connectivity index (χ3v) is 11.1. The minimum absolute atomic E-state index is 0.0207. The smallest absolute Gasteiger partial charge is 0.276 e. The Morgan fingerprint density at radius 1 is 1.29 bits per heavy atom. The van der Waals surface area contributed by atoms with E-state index in [9.17, 15) is 17.8 Å². The summed E-state index contributed by atoms with van der Waals surface area (Å²) in [5, 5.41) is 1.33. The Kier molecular flexibility index (Phi) is 6.19. The fourth-order valence-electron chi connectivity index (χ4n) is 4.43. The number of hydrogen-bond acceptors (Lipinski definition) is 6. The highest BCUT2D eigenvalue weighted by molar-refractivity contribution is 8.04. The number of hydrogen-bond donors (Lipinski definition) is 4. The number of aromatic nitrogens is 2. The van der Waals surface area contributed by atoms with E-state index < -0.39 is 56.3 Å². The Bertz CT molecular complexity index is 1310. The number of thiol groups is 1. The molecule has 2 aromatic rings. The second kappa shape index (κ2) is 8.39. The summed E-state index contributed by atoms with van der Waals surface area (Å²) in [5.41, 5.74) is 3.81. The van der Waals surface area contributed by atoms with Crippen LogP contribution in [0.4, 0.5) is 19.0 Å². The van der Waals surface area contributed by atoms with E-state index in [1.165, 1.54) is 25.3 Å². The number of carbonyl (C=O) groups excluding carboxylic acids is 1. The zero-order chi connectivity index (χ0) is 26.0. The SMILES string of the molecule is CC1(C)C(N)=N[C@](C)(c2nc(NC(=O)c3ncc(Cl)cc3Cl)ccc2F)[C@H]2CC(F)(F)CN[SH]21=O. The van der Waals surface area contributed by atoms with Gasteiger partial charge < -0.3 is 11.1 Å². The van der Waals surface area contributed by atoms with E-state index in [1.54, 1.807) is 13.8 Å². The summed E-state index contributed by atoms with van der Waals surface area (Å²) in [6, 6.07) is 3.51. The number of carbonyl (C=O) groups is 1. The van der Waals surface area contributed by atoms with Gasteiger partial charge in [0, 0.05) is 12.6 Å². The van der Waals surface area contributed by atoms with Crippen molar-refractivity contribution in [1.29, 1.82) is 0 Å². The summed E-state index contributed by atoms with van der Waals surface area (Å²) in [5.74, 6) is -5.05. The number of fused-ring (bicyclic) bond motifs is 1. The number of aliphatic imine (C=N–C) groups is 1. The van der Waals surface area contributed by atoms with Gasteiger partial charge in [0.05, 0.1) is 26.6 Å². The molecule has 4 heterocycles. The first-order valence-corrected chi connectivity index (χ1v) is 13.0. The van der Waals surface area contributed by atoms with E-state index in [-0.39, 0.29) is 33.1 Å². The van der Waals surface area contributed by atoms with Crippen LogP contribution in [0.15, 0.2) is 29.4 Å². The van der Waals surface area contributed by atoms with Gasteiger partial charge in [-0.1, -0.05) is 23.2 Å². The highest BCUT2D eigenvalue weighted by atomic mass is 35.5. The number of halogens is 5. The molecule has 35 heavy (non-hydrogen) atoms. The van der Waals surface area contributed by atoms with Crippen molar-refractivity contribution in [3.05, 3.63) is 51.6 Å². The second-order valence-corrected chi connectivity index (χ2v) is 13.5. The maximum absolute atomic E-state index is 15.1. The molecule has 1 amide bonds. The predicted molar refractivity (Wildman–Crippen MR) is 130 cm³/mol. The molecule has 2 aliphatic rings. The molecule has 4 rings (SSSR count). The molecule has 4 N–H and O–H groups in total. The van der Waals surface area contributed by atoms with Gasteiger partial charge in [0.1, 0.15) is 34.4 Å². The van der Waals surface area contributed by atoms with Crippen molar-refractivity contribution in [2.75, 3.05) is 11.9 Å². The quantitative estimate of drug-likeness (QED) is 0.436. The number of pyridine rings is 2. The molecule has 0 unspecified atom stereocenters. The minimum atomic E-state index is -3.68. The Morgan fingerprint density at radius 2 is 1.97 bits per heavy atom. The molecule has 1 fully saturated rings. The van der Waals surface area contributed by atoms with Crippen LogP contribution < -0.4 is 15.8 Å². The average molecular weight is 551 g/mol. The van der Waals surface area contributed by atoms with E-state index in [1.807, 2.05) is 0 Å². The molecule has 2 aliphatic heterocycles. The standard InChI is InChI=1S/C21H23Cl2F3N6O2S/c1-19(2)18(27)32-20(3,13-7-21(25,26)9-29-35(13,19)34)16-12(24)4-5-14(30-16)31-17(33)15-11(23)6-10(22)8-28-15/h4-6,8,13,35H,7,9H2,1-3H3,(H2,27,32)(H,29,34)(H,30,31,33)/t13-,20+/m1/s1. The van der Waals surface area contributed by atoms with Gasteiger partial charge >= 0.3 is 0 Å². The van der Waals surface area contributed by atoms with Gasteiger partial charge in [-0.15, -0.1) is 0 Å². The van der Waals surface area contributed by atoms with Crippen LogP contribution in [0, 0.1) is 5.82 Å². The van der Waals surface area contributed by atoms with Gasteiger partial charge in [0.25, 0.3) is 11.8 Å². The topological polar surface area (TPSA) is 122 Å². The molecule has 0 aliphatic carbocycles. The number of amidine groups is 1. The third kappa shape index (κ3) is 4.20. The normalized spacial score (nSPS) is 27.3. The number of nitrogens with one attached hydrogen (secondary N) is 2. The molecule has 0 aromatic carbocycles. The lowest BCUT2D eigenvalue weighted by atomic mass is 9.88. The first kappa shape index (κ1) is 25.8. The highest BCUT2D eigenvalue weighted by Crippen LogP contribution is 2.50. The predicted octanol–water partition coefficient (Wildman–Crippen LogP) is 3.47. The Labute approximate surface area is 210 Å². The number of amides is 1. The molecule has 2 aromatic heterocycles. The lowest BCUT2D eigenvalue weighted by Crippen LogP contribution is -2.72. The lowest BCUT2D eigenvalue weighted by molar-refractivity contribution is -0.0139. The Morgan fingerprint density at radius 3 is 2.63 bits per heavy atom. The lowest BCUT2D eigenvalue weighted by Gasteiger charge is -2.56. The van der Waals surface area contributed by atoms with Crippen molar-refractivity contribution >= 4 is 50.9 Å². The van der Waals surface area contributed by atoms with Gasteiger partial charge in [-0.05, 0) is 49.1 Å². The fraction of sp³-hybridized carbons (Fsp3) is 0.429. The molecule has 14 heteroatoms. The van der Waals surface area contributed by atoms with Crippen LogP contribution in [0.25, 0.3) is 0 Å². The van der Waals surface area contributed by atoms with E-state index in [4.69, 9.17) is 28.9 Å². The van der Waals surface area contributed by atoms with Crippen LogP contribution >= 0.6 is 23.2 Å². The fourth-order valence-corrected chi connectivity index (χ4v) is 8.56. The number of anilines is 1. The van der Waals surface area contributed by atoms with Crippen molar-refractivity contribution in [1.82, 2.24) is 14.7 Å². The van der Waals surface area contributed by atoms with Crippen molar-refractivity contribution < 1.29 is 22.2 Å². The van der Waals surface area contributed by atoms with Gasteiger partial charge in [0.2, 0.25) is 0 Å². The molecule has 0 radical (unpaired) electrons. The Balaban J connectivity index is 1.80. The molecular weight excluding hydrogens is 528 g/mol. The van der Waals surface area contributed by atoms with Crippen molar-refractivity contribution in [3.63, 3.8) is 0 Å². The number of alkyl halides is 2. The van der Waals surface area contributed by atoms with E-state index in [0.717, 1.165) is 6.07 Å². The largest absolute Gasteiger partial charge is 0.386 e. The molecular formula is C21H23Cl2F3N6O2S. The number of nitrogens with zero attached hydrogens (tertiary/aromatic N) is 3. The first-order chi connectivity index (χ1) is 16.1. The third-order valence-electron chi connectivity index (χ3n) is 6.55. The Hall–Kier alpha value is -2.28. The summed E-state index contributed by atoms with van der Waals surface area (Å²) in [4.78, 5) is 25.1. The van der Waals surface area contributed by atoms with E-state index in [0.29, 0.717) is 0 Å². The zero-order valence-electron chi connectivity index (χ0n) is 18.9. The molecule has 8 nitrogen and oxygen atoms in total. The van der Waals surface area contributed by atoms with Gasteiger partial charge in [-0.2, -0.15) is 0 Å². The van der Waals surface area contributed by atoms with Crippen LogP contribution in [-0.2, 0) is 15.7 Å². The molecule has 1 saturated heterocycles. The maximum atomic E-state index is 15.1. The second-order valence-electron chi connectivity index (χ2n) is 9.24. The average Bonchev–Trinajstić information content (AvgIpc) is 2.75. The van der Waals surface area contributed by atoms with Gasteiger partial charge in [-0.3, -0.25) is 18.7 Å². The molecule has 0 spiro atoms. The van der Waals surface area contributed by atoms with Crippen LogP contribution in [0.1, 0.15) is 43.4 Å². The molecule has 2 atom stereocenters. The van der Waals surface area contributed by atoms with Crippen LogP contribution in [-0.4, -0.2) is 48.4 Å². The van der Waals surface area contributed by atoms with E-state index in [2.05, 4.69) is 25.0 Å². The summed E-state index contributed by atoms with van der Waals surface area (Å²) >= 11 is 11.8. The first-order valence-electron chi connectivity index (χ1n) is 10.5. The minimum Gasteiger partial charge on any atom is -0.386 e.